The number of halogens is 2. The second-order valence-corrected chi connectivity index (χ2v) is 8.46. The van der Waals surface area contributed by atoms with Gasteiger partial charge in [0.15, 0.2) is 5.11 Å². The fraction of sp³-hybridized carbons (Fsp3) is 0.318. The highest BCUT2D eigenvalue weighted by Crippen LogP contribution is 2.27. The molecule has 2 rings (SSSR count). The summed E-state index contributed by atoms with van der Waals surface area (Å²) in [6.45, 7) is 5.01. The molecule has 0 bridgehead atoms. The molecule has 2 aromatic carbocycles. The molecule has 0 aliphatic carbocycles. The number of rotatable bonds is 9. The standard InChI is InChI=1S/C22H25Cl2N3O4S/c1-14(2)13-31-17-8-5-15(6-9-17)21(29)26-27-22(32)25-20(28)4-3-11-30-19-10-7-16(23)12-18(19)24/h5-10,12,14H,3-4,11,13H2,1-2H3,(H,26,29)(H2,25,27,28,32). The van der Waals surface area contributed by atoms with Crippen LogP contribution in [-0.4, -0.2) is 30.1 Å². The number of nitrogens with one attached hydrogen (secondary N) is 3. The van der Waals surface area contributed by atoms with Crippen molar-refractivity contribution in [2.45, 2.75) is 26.7 Å². The van der Waals surface area contributed by atoms with E-state index in [1.165, 1.54) is 0 Å². The van der Waals surface area contributed by atoms with Crippen LogP contribution >= 0.6 is 35.4 Å². The molecule has 0 aliphatic rings. The van der Waals surface area contributed by atoms with Crippen molar-refractivity contribution in [3.63, 3.8) is 0 Å². The first kappa shape index (κ1) is 25.7. The van der Waals surface area contributed by atoms with Gasteiger partial charge in [-0.15, -0.1) is 0 Å². The topological polar surface area (TPSA) is 88.7 Å². The van der Waals surface area contributed by atoms with E-state index in [0.29, 0.717) is 52.7 Å². The molecule has 0 atom stereocenters. The largest absolute Gasteiger partial charge is 0.493 e. The second-order valence-electron chi connectivity index (χ2n) is 7.21. The fourth-order valence-electron chi connectivity index (χ4n) is 2.38. The minimum Gasteiger partial charge on any atom is -0.493 e. The number of hydrogen-bond acceptors (Lipinski definition) is 5. The molecule has 0 heterocycles. The maximum Gasteiger partial charge on any atom is 0.269 e. The number of amides is 2. The Kier molecular flexibility index (Phi) is 10.5. The van der Waals surface area contributed by atoms with Gasteiger partial charge in [-0.2, -0.15) is 0 Å². The average molecular weight is 498 g/mol. The summed E-state index contributed by atoms with van der Waals surface area (Å²) < 4.78 is 11.1. The van der Waals surface area contributed by atoms with Gasteiger partial charge in [0.1, 0.15) is 11.5 Å². The van der Waals surface area contributed by atoms with Gasteiger partial charge in [0.05, 0.1) is 18.2 Å². The SMILES string of the molecule is CC(C)COc1ccc(C(=O)NNC(=S)NC(=O)CCCOc2ccc(Cl)cc2Cl)cc1. The zero-order valence-corrected chi connectivity index (χ0v) is 20.1. The second kappa shape index (κ2) is 13.1. The molecule has 10 heteroatoms. The zero-order valence-electron chi connectivity index (χ0n) is 17.7. The molecule has 2 aromatic rings. The smallest absolute Gasteiger partial charge is 0.269 e. The Morgan fingerprint density at radius 3 is 2.41 bits per heavy atom. The molecule has 0 aromatic heterocycles. The summed E-state index contributed by atoms with van der Waals surface area (Å²) in [6.07, 6.45) is 0.629. The molecule has 0 saturated heterocycles. The lowest BCUT2D eigenvalue weighted by Crippen LogP contribution is -2.48. The fourth-order valence-corrected chi connectivity index (χ4v) is 3.01. The maximum atomic E-state index is 12.2. The minimum atomic E-state index is -0.398. The number of ether oxygens (including phenoxy) is 2. The molecule has 0 radical (unpaired) electrons. The van der Waals surface area contributed by atoms with Crippen molar-refractivity contribution < 1.29 is 19.1 Å². The summed E-state index contributed by atoms with van der Waals surface area (Å²) in [5.74, 6) is 0.886. The minimum absolute atomic E-state index is 0.0121. The van der Waals surface area contributed by atoms with Gasteiger partial charge in [0.2, 0.25) is 5.91 Å². The van der Waals surface area contributed by atoms with Crippen molar-refractivity contribution in [2.75, 3.05) is 13.2 Å². The molecule has 0 unspecified atom stereocenters. The molecule has 32 heavy (non-hydrogen) atoms. The maximum absolute atomic E-state index is 12.2. The predicted molar refractivity (Wildman–Crippen MR) is 129 cm³/mol. The molecular weight excluding hydrogens is 473 g/mol. The molecule has 3 N–H and O–H groups in total. The van der Waals surface area contributed by atoms with Gasteiger partial charge in [0.25, 0.3) is 5.91 Å². The lowest BCUT2D eigenvalue weighted by atomic mass is 10.2. The van der Waals surface area contributed by atoms with Crippen LogP contribution in [0.15, 0.2) is 42.5 Å². The van der Waals surface area contributed by atoms with E-state index in [4.69, 9.17) is 44.9 Å². The van der Waals surface area contributed by atoms with Crippen LogP contribution in [0.1, 0.15) is 37.0 Å². The predicted octanol–water partition coefficient (Wildman–Crippen LogP) is 4.52. The lowest BCUT2D eigenvalue weighted by Gasteiger charge is -2.12. The molecule has 172 valence electrons. The first-order valence-electron chi connectivity index (χ1n) is 9.95. The normalized spacial score (nSPS) is 10.4. The van der Waals surface area contributed by atoms with Crippen LogP contribution in [0.3, 0.4) is 0 Å². The quantitative estimate of drug-likeness (QED) is 0.268. The van der Waals surface area contributed by atoms with Crippen molar-refractivity contribution >= 4 is 52.3 Å². The third-order valence-electron chi connectivity index (χ3n) is 3.94. The van der Waals surface area contributed by atoms with Crippen LogP contribution in [0.25, 0.3) is 0 Å². The molecular formula is C22H25Cl2N3O4S. The van der Waals surface area contributed by atoms with Gasteiger partial charge in [0, 0.05) is 17.0 Å². The van der Waals surface area contributed by atoms with Crippen molar-refractivity contribution in [2.24, 2.45) is 5.92 Å². The monoisotopic (exact) mass is 497 g/mol. The average Bonchev–Trinajstić information content (AvgIpc) is 2.75. The number of hydrogen-bond donors (Lipinski definition) is 3. The van der Waals surface area contributed by atoms with Gasteiger partial charge >= 0.3 is 0 Å². The summed E-state index contributed by atoms with van der Waals surface area (Å²) in [6, 6.07) is 11.6. The van der Waals surface area contributed by atoms with Crippen LogP contribution in [0, 0.1) is 5.92 Å². The number of hydrazine groups is 1. The Balaban J connectivity index is 1.65. The number of thiocarbonyl (C=S) groups is 1. The highest BCUT2D eigenvalue weighted by molar-refractivity contribution is 7.80. The summed E-state index contributed by atoms with van der Waals surface area (Å²) >= 11 is 16.9. The van der Waals surface area contributed by atoms with E-state index in [0.717, 1.165) is 0 Å². The third-order valence-corrected chi connectivity index (χ3v) is 4.68. The molecule has 7 nitrogen and oxygen atoms in total. The Hall–Kier alpha value is -2.55. The van der Waals surface area contributed by atoms with Crippen LogP contribution < -0.4 is 25.6 Å². The number of carbonyl (C=O) groups is 2. The van der Waals surface area contributed by atoms with Crippen molar-refractivity contribution in [3.8, 4) is 11.5 Å². The molecule has 0 saturated carbocycles. The Bertz CT molecular complexity index is 939. The van der Waals surface area contributed by atoms with Crippen LogP contribution in [0.5, 0.6) is 11.5 Å². The van der Waals surface area contributed by atoms with Gasteiger partial charge < -0.3 is 14.8 Å². The van der Waals surface area contributed by atoms with Crippen molar-refractivity contribution in [1.82, 2.24) is 16.2 Å². The Labute approximate surface area is 202 Å². The summed E-state index contributed by atoms with van der Waals surface area (Å²) in [5.41, 5.74) is 5.36. The molecule has 0 fully saturated rings. The summed E-state index contributed by atoms with van der Waals surface area (Å²) in [7, 11) is 0. The van der Waals surface area contributed by atoms with E-state index < -0.39 is 5.91 Å². The first-order valence-corrected chi connectivity index (χ1v) is 11.1. The number of benzene rings is 2. The van der Waals surface area contributed by atoms with Gasteiger partial charge in [-0.25, -0.2) is 0 Å². The van der Waals surface area contributed by atoms with E-state index in [1.54, 1.807) is 42.5 Å². The summed E-state index contributed by atoms with van der Waals surface area (Å²) in [4.78, 5) is 24.2. The van der Waals surface area contributed by atoms with E-state index in [9.17, 15) is 9.59 Å². The lowest BCUT2D eigenvalue weighted by molar-refractivity contribution is -0.119. The van der Waals surface area contributed by atoms with Crippen LogP contribution in [-0.2, 0) is 4.79 Å². The molecule has 0 aliphatic heterocycles. The Morgan fingerprint density at radius 1 is 1.03 bits per heavy atom. The van der Waals surface area contributed by atoms with E-state index in [2.05, 4.69) is 30.0 Å². The van der Waals surface area contributed by atoms with Gasteiger partial charge in [-0.1, -0.05) is 37.0 Å². The molecule has 2 amide bonds. The molecule has 0 spiro atoms. The third kappa shape index (κ3) is 9.30. The van der Waals surface area contributed by atoms with E-state index in [1.807, 2.05) is 0 Å². The van der Waals surface area contributed by atoms with Crippen LogP contribution in [0.4, 0.5) is 0 Å². The van der Waals surface area contributed by atoms with Gasteiger partial charge in [-0.3, -0.25) is 20.4 Å². The van der Waals surface area contributed by atoms with Crippen LogP contribution in [0.2, 0.25) is 10.0 Å². The van der Waals surface area contributed by atoms with Gasteiger partial charge in [-0.05, 0) is 67.0 Å². The zero-order chi connectivity index (χ0) is 23.5. The van der Waals surface area contributed by atoms with E-state index in [-0.39, 0.29) is 17.4 Å². The highest BCUT2D eigenvalue weighted by atomic mass is 35.5. The van der Waals surface area contributed by atoms with Crippen molar-refractivity contribution in [3.05, 3.63) is 58.1 Å². The number of carbonyl (C=O) groups excluding carboxylic acids is 2. The first-order chi connectivity index (χ1) is 15.2. The van der Waals surface area contributed by atoms with E-state index >= 15 is 0 Å². The Morgan fingerprint density at radius 2 is 1.75 bits per heavy atom. The van der Waals surface area contributed by atoms with Crippen molar-refractivity contribution in [1.29, 1.82) is 0 Å². The highest BCUT2D eigenvalue weighted by Gasteiger charge is 2.09. The summed E-state index contributed by atoms with van der Waals surface area (Å²) in [5, 5.41) is 3.40.